The molecule has 2 aliphatic rings. The van der Waals surface area contributed by atoms with Crippen molar-refractivity contribution in [2.45, 2.75) is 63.4 Å². The summed E-state index contributed by atoms with van der Waals surface area (Å²) in [7, 11) is 0. The Bertz CT molecular complexity index is 798. The lowest BCUT2D eigenvalue weighted by atomic mass is 9.69. The Kier molecular flexibility index (Phi) is 8.09. The lowest BCUT2D eigenvalue weighted by Crippen LogP contribution is -2.28. The smallest absolute Gasteiger partial charge is 0.0662 e. The minimum atomic E-state index is 0.440. The third-order valence-electron chi connectivity index (χ3n) is 7.23. The Labute approximate surface area is 195 Å². The molecule has 4 rings (SSSR count). The lowest BCUT2D eigenvalue weighted by molar-refractivity contribution is 0.0223. The van der Waals surface area contributed by atoms with Crippen molar-refractivity contribution in [3.05, 3.63) is 70.2 Å². The normalized spacial score (nSPS) is 27.4. The first-order valence-electron chi connectivity index (χ1n) is 11.5. The van der Waals surface area contributed by atoms with Crippen LogP contribution in [0.3, 0.4) is 0 Å². The molecule has 2 aromatic carbocycles. The minimum Gasteiger partial charge on any atom is -0.374 e. The van der Waals surface area contributed by atoms with Crippen LogP contribution in [0.4, 0.5) is 0 Å². The van der Waals surface area contributed by atoms with Crippen LogP contribution < -0.4 is 0 Å². The molecule has 1 nitrogen and oxygen atoms in total. The van der Waals surface area contributed by atoms with E-state index in [-0.39, 0.29) is 0 Å². The second-order valence-corrected chi connectivity index (χ2v) is 10.1. The molecular formula is C27H32BrClO. The van der Waals surface area contributed by atoms with Crippen LogP contribution in [-0.4, -0.2) is 12.7 Å². The number of hydrogen-bond acceptors (Lipinski definition) is 1. The maximum atomic E-state index is 5.91. The van der Waals surface area contributed by atoms with Gasteiger partial charge in [-0.05, 0) is 104 Å². The topological polar surface area (TPSA) is 9.23 Å². The molecule has 30 heavy (non-hydrogen) atoms. The Balaban J connectivity index is 1.25. The summed E-state index contributed by atoms with van der Waals surface area (Å²) in [5.41, 5.74) is 5.67. The van der Waals surface area contributed by atoms with Crippen molar-refractivity contribution in [3.8, 4) is 11.1 Å². The molecule has 0 unspecified atom stereocenters. The van der Waals surface area contributed by atoms with Crippen molar-refractivity contribution in [1.82, 2.24) is 0 Å². The van der Waals surface area contributed by atoms with Gasteiger partial charge in [0.2, 0.25) is 0 Å². The summed E-state index contributed by atoms with van der Waals surface area (Å²) in [6.07, 6.45) is 12.9. The van der Waals surface area contributed by atoms with Gasteiger partial charge in [0.25, 0.3) is 0 Å². The number of halogens is 2. The molecule has 2 fully saturated rings. The molecule has 0 aliphatic heterocycles. The Morgan fingerprint density at radius 2 is 1.30 bits per heavy atom. The highest BCUT2D eigenvalue weighted by Gasteiger charge is 2.31. The second-order valence-electron chi connectivity index (χ2n) is 8.97. The van der Waals surface area contributed by atoms with Gasteiger partial charge in [0.1, 0.15) is 0 Å². The van der Waals surface area contributed by atoms with Gasteiger partial charge in [-0.2, -0.15) is 0 Å². The largest absolute Gasteiger partial charge is 0.374 e. The van der Waals surface area contributed by atoms with E-state index in [2.05, 4.69) is 64.5 Å². The molecule has 2 aliphatic carbocycles. The number of hydrogen-bond donors (Lipinski definition) is 0. The van der Waals surface area contributed by atoms with Crippen molar-refractivity contribution in [2.75, 3.05) is 6.61 Å². The van der Waals surface area contributed by atoms with Gasteiger partial charge in [-0.1, -0.05) is 63.9 Å². The molecule has 2 aromatic rings. The molecular weight excluding hydrogens is 456 g/mol. The average molecular weight is 488 g/mol. The van der Waals surface area contributed by atoms with Crippen LogP contribution >= 0.6 is 27.5 Å². The van der Waals surface area contributed by atoms with Crippen molar-refractivity contribution in [3.63, 3.8) is 0 Å². The Hall–Kier alpha value is -1.09. The van der Waals surface area contributed by atoms with Gasteiger partial charge in [0.15, 0.2) is 0 Å². The number of rotatable bonds is 6. The van der Waals surface area contributed by atoms with E-state index in [1.807, 2.05) is 6.08 Å². The highest BCUT2D eigenvalue weighted by atomic mass is 79.9. The van der Waals surface area contributed by atoms with Crippen LogP contribution in [0.5, 0.6) is 0 Å². The Morgan fingerprint density at radius 3 is 1.87 bits per heavy atom. The summed E-state index contributed by atoms with van der Waals surface area (Å²) in [5, 5.41) is 0. The molecule has 0 radical (unpaired) electrons. The van der Waals surface area contributed by atoms with E-state index in [1.165, 1.54) is 68.1 Å². The summed E-state index contributed by atoms with van der Waals surface area (Å²) < 4.78 is 7.04. The first-order chi connectivity index (χ1) is 14.7. The fourth-order valence-electron chi connectivity index (χ4n) is 5.47. The summed E-state index contributed by atoms with van der Waals surface area (Å²) in [6.45, 7) is 0.657. The van der Waals surface area contributed by atoms with E-state index in [0.29, 0.717) is 12.7 Å². The van der Waals surface area contributed by atoms with Crippen LogP contribution in [0.15, 0.2) is 64.6 Å². The molecule has 160 valence electrons. The van der Waals surface area contributed by atoms with Gasteiger partial charge in [0.05, 0.1) is 12.7 Å². The molecule has 0 aromatic heterocycles. The van der Waals surface area contributed by atoms with Crippen molar-refractivity contribution in [1.29, 1.82) is 0 Å². The third-order valence-corrected chi connectivity index (χ3v) is 7.94. The van der Waals surface area contributed by atoms with Gasteiger partial charge < -0.3 is 4.74 Å². The van der Waals surface area contributed by atoms with E-state index >= 15 is 0 Å². The first kappa shape index (κ1) is 22.1. The predicted octanol–water partition coefficient (Wildman–Crippen LogP) is 8.72. The summed E-state index contributed by atoms with van der Waals surface area (Å²) in [6, 6.07) is 17.9. The molecule has 2 saturated carbocycles. The third kappa shape index (κ3) is 5.78. The number of ether oxygens (including phenoxy) is 1. The van der Waals surface area contributed by atoms with Gasteiger partial charge in [0, 0.05) is 10.0 Å². The standard InChI is InChI=1S/C27H32BrClO/c28-26-14-10-24(11-15-26)22-6-2-20(3-7-22)21-4-8-23(9-5-21)25-12-16-27(17-13-25)30-19-1-18-29/h1-3,6-7,10-11,14-15,18,21,23,25,27H,4-5,8-9,12-13,16-17,19H2/b18-1+/t21?,23?,25-,27-. The van der Waals surface area contributed by atoms with Crippen LogP contribution in [-0.2, 0) is 4.74 Å². The van der Waals surface area contributed by atoms with Crippen LogP contribution in [0.25, 0.3) is 11.1 Å². The fourth-order valence-corrected chi connectivity index (χ4v) is 5.81. The highest BCUT2D eigenvalue weighted by molar-refractivity contribution is 9.10. The molecule has 0 amide bonds. The van der Waals surface area contributed by atoms with Crippen molar-refractivity contribution < 1.29 is 4.74 Å². The molecule has 0 spiro atoms. The monoisotopic (exact) mass is 486 g/mol. The predicted molar refractivity (Wildman–Crippen MR) is 131 cm³/mol. The molecule has 3 heteroatoms. The van der Waals surface area contributed by atoms with E-state index in [4.69, 9.17) is 16.3 Å². The van der Waals surface area contributed by atoms with E-state index in [0.717, 1.165) is 22.2 Å². The molecule has 0 bridgehead atoms. The van der Waals surface area contributed by atoms with Gasteiger partial charge in [-0.25, -0.2) is 0 Å². The zero-order valence-electron chi connectivity index (χ0n) is 17.6. The van der Waals surface area contributed by atoms with E-state index < -0.39 is 0 Å². The lowest BCUT2D eigenvalue weighted by Gasteiger charge is -2.38. The zero-order valence-corrected chi connectivity index (χ0v) is 20.0. The molecule has 0 saturated heterocycles. The quantitative estimate of drug-likeness (QED) is 0.396. The van der Waals surface area contributed by atoms with Crippen molar-refractivity contribution in [2.24, 2.45) is 11.8 Å². The summed E-state index contributed by atoms with van der Waals surface area (Å²) >= 11 is 9.10. The fraction of sp³-hybridized carbons (Fsp3) is 0.481. The molecule has 0 atom stereocenters. The van der Waals surface area contributed by atoms with Gasteiger partial charge in [-0.15, -0.1) is 0 Å². The summed E-state index contributed by atoms with van der Waals surface area (Å²) in [4.78, 5) is 0. The SMILES string of the molecule is Cl/C=C/CO[C@H]1CC[C@H](C2CCC(c3ccc(-c4ccc(Br)cc4)cc3)CC2)CC1. The van der Waals surface area contributed by atoms with Gasteiger partial charge in [-0.3, -0.25) is 0 Å². The number of benzene rings is 2. The first-order valence-corrected chi connectivity index (χ1v) is 12.7. The van der Waals surface area contributed by atoms with Crippen LogP contribution in [0, 0.1) is 11.8 Å². The van der Waals surface area contributed by atoms with E-state index in [9.17, 15) is 0 Å². The van der Waals surface area contributed by atoms with Gasteiger partial charge >= 0.3 is 0 Å². The maximum absolute atomic E-state index is 5.91. The Morgan fingerprint density at radius 1 is 0.767 bits per heavy atom. The molecule has 0 N–H and O–H groups in total. The second kappa shape index (κ2) is 11.0. The van der Waals surface area contributed by atoms with Crippen LogP contribution in [0.2, 0.25) is 0 Å². The zero-order chi connectivity index (χ0) is 20.8. The maximum Gasteiger partial charge on any atom is 0.0662 e. The van der Waals surface area contributed by atoms with Crippen molar-refractivity contribution >= 4 is 27.5 Å². The minimum absolute atomic E-state index is 0.440. The molecule has 0 heterocycles. The van der Waals surface area contributed by atoms with Crippen LogP contribution in [0.1, 0.15) is 62.8 Å². The van der Waals surface area contributed by atoms with E-state index in [1.54, 1.807) is 5.54 Å². The summed E-state index contributed by atoms with van der Waals surface area (Å²) in [5.74, 6) is 2.57. The highest BCUT2D eigenvalue weighted by Crippen LogP contribution is 2.43. The average Bonchev–Trinajstić information content (AvgIpc) is 2.81.